The normalized spacial score (nSPS) is 10.7. The molecule has 164 valence electrons. The molecule has 7 nitrogen and oxygen atoms in total. The van der Waals surface area contributed by atoms with Crippen molar-refractivity contribution in [2.24, 2.45) is 0 Å². The molecule has 0 saturated heterocycles. The zero-order chi connectivity index (χ0) is 22.7. The van der Waals surface area contributed by atoms with Crippen molar-refractivity contribution in [3.05, 3.63) is 66.7 Å². The van der Waals surface area contributed by atoms with Crippen LogP contribution in [-0.4, -0.2) is 24.9 Å². The van der Waals surface area contributed by atoms with Crippen molar-refractivity contribution in [1.82, 2.24) is 4.57 Å². The zero-order valence-electron chi connectivity index (χ0n) is 18.2. The number of nitrogens with one attached hydrogen (secondary N) is 1. The number of hydrogen-bond donors (Lipinski definition) is 2. The maximum atomic E-state index is 12.4. The Hall–Kier alpha value is -4.13. The number of ether oxygens (including phenoxy) is 3. The summed E-state index contributed by atoms with van der Waals surface area (Å²) in [5.41, 5.74) is 10.6. The lowest BCUT2D eigenvalue weighted by atomic mass is 10.1. The number of methoxy groups -OCH3 is 2. The predicted molar refractivity (Wildman–Crippen MR) is 127 cm³/mol. The van der Waals surface area contributed by atoms with E-state index in [9.17, 15) is 4.79 Å². The molecule has 0 bridgehead atoms. The number of benzene rings is 3. The van der Waals surface area contributed by atoms with Crippen LogP contribution in [0.25, 0.3) is 22.2 Å². The van der Waals surface area contributed by atoms with Crippen LogP contribution in [0.3, 0.4) is 0 Å². The quantitative estimate of drug-likeness (QED) is 0.419. The van der Waals surface area contributed by atoms with Gasteiger partial charge in [0.1, 0.15) is 17.2 Å². The molecule has 4 rings (SSSR count). The third-order valence-corrected chi connectivity index (χ3v) is 5.28. The average Bonchev–Trinajstić information content (AvgIpc) is 3.10. The molecule has 1 heterocycles. The van der Waals surface area contributed by atoms with E-state index >= 15 is 0 Å². The molecule has 7 heteroatoms. The van der Waals surface area contributed by atoms with Gasteiger partial charge in [0.25, 0.3) is 0 Å². The van der Waals surface area contributed by atoms with E-state index in [1.54, 1.807) is 44.6 Å². The first-order valence-corrected chi connectivity index (χ1v) is 10.2. The smallest absolute Gasteiger partial charge is 0.417 e. The predicted octanol–water partition coefficient (Wildman–Crippen LogP) is 5.54. The van der Waals surface area contributed by atoms with Gasteiger partial charge in [-0.2, -0.15) is 0 Å². The largest absolute Gasteiger partial charge is 0.497 e. The number of carbonyl (C=O) groups excluding carboxylic acids is 1. The third-order valence-electron chi connectivity index (χ3n) is 5.28. The number of fused-ring (bicyclic) bond motifs is 1. The Kier molecular flexibility index (Phi) is 5.89. The Morgan fingerprint density at radius 2 is 1.62 bits per heavy atom. The maximum Gasteiger partial charge on any atom is 0.417 e. The van der Waals surface area contributed by atoms with Gasteiger partial charge in [0.05, 0.1) is 31.1 Å². The number of rotatable bonds is 6. The van der Waals surface area contributed by atoms with Crippen LogP contribution in [0.1, 0.15) is 6.92 Å². The van der Waals surface area contributed by atoms with E-state index in [0.29, 0.717) is 22.9 Å². The molecule has 0 aliphatic heterocycles. The van der Waals surface area contributed by atoms with Crippen molar-refractivity contribution in [2.75, 3.05) is 25.3 Å². The summed E-state index contributed by atoms with van der Waals surface area (Å²) in [5.74, 6) is 1.88. The second-order valence-corrected chi connectivity index (χ2v) is 7.16. The lowest BCUT2D eigenvalue weighted by Crippen LogP contribution is -2.16. The van der Waals surface area contributed by atoms with E-state index in [1.807, 2.05) is 36.4 Å². The van der Waals surface area contributed by atoms with Gasteiger partial charge in [-0.05, 0) is 55.5 Å². The molecule has 0 unspecified atom stereocenters. The first kappa shape index (κ1) is 21.1. The Balaban J connectivity index is 1.62. The highest BCUT2D eigenvalue weighted by Crippen LogP contribution is 2.38. The van der Waals surface area contributed by atoms with Crippen molar-refractivity contribution in [2.45, 2.75) is 13.5 Å². The summed E-state index contributed by atoms with van der Waals surface area (Å²) in [5, 5.41) is 3.73. The topological polar surface area (TPSA) is 87.7 Å². The minimum absolute atomic E-state index is 0.420. The summed E-state index contributed by atoms with van der Waals surface area (Å²) in [7, 11) is 3.22. The average molecular weight is 431 g/mol. The number of carbonyl (C=O) groups is 1. The van der Waals surface area contributed by atoms with Crippen LogP contribution in [-0.2, 0) is 6.54 Å². The van der Waals surface area contributed by atoms with E-state index in [4.69, 9.17) is 19.9 Å². The minimum atomic E-state index is -0.582. The Bertz CT molecular complexity index is 1260. The monoisotopic (exact) mass is 431 g/mol. The molecule has 0 saturated carbocycles. The fourth-order valence-corrected chi connectivity index (χ4v) is 3.76. The molecule has 1 amide bonds. The molecule has 32 heavy (non-hydrogen) atoms. The number of aryl methyl sites for hydroxylation is 1. The summed E-state index contributed by atoms with van der Waals surface area (Å²) in [6, 6.07) is 20.2. The summed E-state index contributed by atoms with van der Waals surface area (Å²) in [6.07, 6.45) is -0.582. The summed E-state index contributed by atoms with van der Waals surface area (Å²) < 4.78 is 18.0. The standard InChI is InChI=1S/C25H25N3O4/c1-4-28-22-15-20(31-3)12-13-21(22)23(26)24(28)16-6-5-7-17(14-16)27-25(29)32-19-10-8-18(30-2)9-11-19/h5-15H,4,26H2,1-3H3,(H,27,29). The van der Waals surface area contributed by atoms with Crippen molar-refractivity contribution in [1.29, 1.82) is 0 Å². The van der Waals surface area contributed by atoms with Gasteiger partial charge in [0.2, 0.25) is 0 Å². The van der Waals surface area contributed by atoms with E-state index in [2.05, 4.69) is 16.8 Å². The maximum absolute atomic E-state index is 12.4. The molecular formula is C25H25N3O4. The SMILES string of the molecule is CCn1c(-c2cccc(NC(=O)Oc3ccc(OC)cc3)c2)c(N)c2ccc(OC)cc21. The first-order valence-electron chi connectivity index (χ1n) is 10.2. The zero-order valence-corrected chi connectivity index (χ0v) is 18.2. The Morgan fingerprint density at radius 1 is 0.938 bits per heavy atom. The number of amides is 1. The van der Waals surface area contributed by atoms with Crippen LogP contribution in [0.4, 0.5) is 16.2 Å². The van der Waals surface area contributed by atoms with Gasteiger partial charge in [-0.1, -0.05) is 12.1 Å². The van der Waals surface area contributed by atoms with Gasteiger partial charge in [-0.25, -0.2) is 4.79 Å². The van der Waals surface area contributed by atoms with Crippen LogP contribution in [0.2, 0.25) is 0 Å². The fraction of sp³-hybridized carbons (Fsp3) is 0.160. The fourth-order valence-electron chi connectivity index (χ4n) is 3.76. The Morgan fingerprint density at radius 3 is 2.31 bits per heavy atom. The lowest BCUT2D eigenvalue weighted by Gasteiger charge is -2.12. The highest BCUT2D eigenvalue weighted by atomic mass is 16.6. The molecule has 3 N–H and O–H groups in total. The molecule has 0 aliphatic rings. The molecule has 1 aromatic heterocycles. The summed E-state index contributed by atoms with van der Waals surface area (Å²) in [6.45, 7) is 2.80. The highest BCUT2D eigenvalue weighted by Gasteiger charge is 2.17. The van der Waals surface area contributed by atoms with Crippen molar-refractivity contribution in [3.63, 3.8) is 0 Å². The minimum Gasteiger partial charge on any atom is -0.497 e. The molecule has 0 spiro atoms. The number of aromatic nitrogens is 1. The van der Waals surface area contributed by atoms with Gasteiger partial charge in [0.15, 0.2) is 0 Å². The van der Waals surface area contributed by atoms with Crippen molar-refractivity contribution >= 4 is 28.4 Å². The molecule has 0 aliphatic carbocycles. The number of nitrogens with zero attached hydrogens (tertiary/aromatic N) is 1. The van der Waals surface area contributed by atoms with Gasteiger partial charge in [0, 0.05) is 29.2 Å². The van der Waals surface area contributed by atoms with Crippen LogP contribution in [0, 0.1) is 0 Å². The van der Waals surface area contributed by atoms with E-state index in [1.165, 1.54) is 0 Å². The van der Waals surface area contributed by atoms with Crippen molar-refractivity contribution < 1.29 is 19.0 Å². The number of hydrogen-bond acceptors (Lipinski definition) is 5. The van der Waals surface area contributed by atoms with Gasteiger partial charge >= 0.3 is 6.09 Å². The first-order chi connectivity index (χ1) is 15.5. The number of nitrogen functional groups attached to an aromatic ring is 1. The number of anilines is 2. The van der Waals surface area contributed by atoms with Crippen LogP contribution in [0.5, 0.6) is 17.2 Å². The van der Waals surface area contributed by atoms with E-state index in [-0.39, 0.29) is 0 Å². The molecule has 3 aromatic carbocycles. The van der Waals surface area contributed by atoms with Gasteiger partial charge < -0.3 is 24.5 Å². The highest BCUT2D eigenvalue weighted by molar-refractivity contribution is 6.02. The molecule has 0 radical (unpaired) electrons. The number of nitrogens with two attached hydrogens (primary N) is 1. The summed E-state index contributed by atoms with van der Waals surface area (Å²) in [4.78, 5) is 12.4. The lowest BCUT2D eigenvalue weighted by molar-refractivity contribution is 0.215. The Labute approximate surface area is 186 Å². The van der Waals surface area contributed by atoms with Crippen LogP contribution >= 0.6 is 0 Å². The second kappa shape index (κ2) is 8.93. The van der Waals surface area contributed by atoms with Crippen molar-refractivity contribution in [3.8, 4) is 28.5 Å². The van der Waals surface area contributed by atoms with E-state index < -0.39 is 6.09 Å². The molecule has 0 atom stereocenters. The van der Waals surface area contributed by atoms with Gasteiger partial charge in [-0.15, -0.1) is 0 Å². The van der Waals surface area contributed by atoms with Gasteiger partial charge in [-0.3, -0.25) is 5.32 Å². The molecule has 4 aromatic rings. The van der Waals surface area contributed by atoms with Crippen LogP contribution in [0.15, 0.2) is 66.7 Å². The third kappa shape index (κ3) is 4.05. The van der Waals surface area contributed by atoms with Crippen LogP contribution < -0.4 is 25.3 Å². The molecular weight excluding hydrogens is 406 g/mol. The van der Waals surface area contributed by atoms with E-state index in [0.717, 1.165) is 34.5 Å². The summed E-state index contributed by atoms with van der Waals surface area (Å²) >= 11 is 0. The molecule has 0 fully saturated rings. The second-order valence-electron chi connectivity index (χ2n) is 7.16.